The number of para-hydroxylation sites is 1. The summed E-state index contributed by atoms with van der Waals surface area (Å²) in [6, 6.07) is 27.8. The number of piperidine rings is 1. The Morgan fingerprint density at radius 2 is 1.47 bits per heavy atom. The molecule has 1 aliphatic heterocycles. The zero-order chi connectivity index (χ0) is 20.8. The number of nitrogens with one attached hydrogen (secondary N) is 1. The molecule has 1 atom stereocenters. The van der Waals surface area contributed by atoms with E-state index in [4.69, 9.17) is 0 Å². The Labute approximate surface area is 177 Å². The average Bonchev–Trinajstić information content (AvgIpc) is 2.81. The Balaban J connectivity index is 1.34. The molecule has 1 heterocycles. The summed E-state index contributed by atoms with van der Waals surface area (Å²) in [6.45, 7) is 1.20. The van der Waals surface area contributed by atoms with Crippen LogP contribution >= 0.6 is 0 Å². The number of nitrogens with zero attached hydrogens (tertiary/aromatic N) is 1. The molecule has 0 radical (unpaired) electrons. The van der Waals surface area contributed by atoms with E-state index in [9.17, 15) is 9.59 Å². The van der Waals surface area contributed by atoms with Gasteiger partial charge in [0, 0.05) is 18.8 Å². The fourth-order valence-electron chi connectivity index (χ4n) is 3.92. The lowest BCUT2D eigenvalue weighted by molar-refractivity contribution is -0.133. The Bertz CT molecular complexity index is 985. The van der Waals surface area contributed by atoms with Gasteiger partial charge in [0.15, 0.2) is 0 Å². The monoisotopic (exact) mass is 398 g/mol. The van der Waals surface area contributed by atoms with Gasteiger partial charge in [0.1, 0.15) is 0 Å². The fourth-order valence-corrected chi connectivity index (χ4v) is 3.92. The molecule has 0 aromatic heterocycles. The van der Waals surface area contributed by atoms with E-state index in [1.807, 2.05) is 65.6 Å². The van der Waals surface area contributed by atoms with Gasteiger partial charge in [-0.15, -0.1) is 0 Å². The van der Waals surface area contributed by atoms with E-state index in [2.05, 4.69) is 29.6 Å². The van der Waals surface area contributed by atoms with Gasteiger partial charge in [0.25, 0.3) is 0 Å². The van der Waals surface area contributed by atoms with Crippen LogP contribution in [0.25, 0.3) is 11.1 Å². The second kappa shape index (κ2) is 9.40. The van der Waals surface area contributed by atoms with Crippen LogP contribution < -0.4 is 5.32 Å². The normalized spacial score (nSPS) is 16.1. The first kappa shape index (κ1) is 19.9. The second-order valence-electron chi connectivity index (χ2n) is 7.77. The maximum absolute atomic E-state index is 12.8. The highest BCUT2D eigenvalue weighted by Gasteiger charge is 2.28. The molecule has 0 bridgehead atoms. The summed E-state index contributed by atoms with van der Waals surface area (Å²) in [4.78, 5) is 27.3. The van der Waals surface area contributed by atoms with E-state index >= 15 is 0 Å². The molecule has 30 heavy (non-hydrogen) atoms. The number of amides is 2. The lowest BCUT2D eigenvalue weighted by atomic mass is 9.96. The van der Waals surface area contributed by atoms with Crippen molar-refractivity contribution in [1.29, 1.82) is 0 Å². The van der Waals surface area contributed by atoms with E-state index in [0.717, 1.165) is 36.2 Å². The number of benzene rings is 3. The molecule has 4 heteroatoms. The zero-order valence-corrected chi connectivity index (χ0v) is 17.0. The fraction of sp³-hybridized carbons (Fsp3) is 0.231. The van der Waals surface area contributed by atoms with Crippen molar-refractivity contribution in [3.63, 3.8) is 0 Å². The lowest BCUT2D eigenvalue weighted by Crippen LogP contribution is -2.44. The Hall–Kier alpha value is -3.40. The predicted octanol–water partition coefficient (Wildman–Crippen LogP) is 4.77. The number of hydrogen-bond acceptors (Lipinski definition) is 2. The van der Waals surface area contributed by atoms with Gasteiger partial charge in [-0.1, -0.05) is 72.8 Å². The molecule has 2 amide bonds. The summed E-state index contributed by atoms with van der Waals surface area (Å²) in [7, 11) is 0. The maximum atomic E-state index is 12.8. The van der Waals surface area contributed by atoms with Crippen molar-refractivity contribution in [2.45, 2.75) is 19.3 Å². The topological polar surface area (TPSA) is 49.4 Å². The van der Waals surface area contributed by atoms with Gasteiger partial charge in [-0.3, -0.25) is 9.59 Å². The molecule has 0 aliphatic carbocycles. The molecule has 1 aliphatic rings. The summed E-state index contributed by atoms with van der Waals surface area (Å²) >= 11 is 0. The van der Waals surface area contributed by atoms with Crippen LogP contribution in [0.5, 0.6) is 0 Å². The number of rotatable bonds is 5. The smallest absolute Gasteiger partial charge is 0.229 e. The third-order valence-electron chi connectivity index (χ3n) is 5.60. The SMILES string of the molecule is O=C(Nc1ccccc1)C1CCCN(C(=O)Cc2ccc(-c3ccccc3)cc2)C1. The van der Waals surface area contributed by atoms with Gasteiger partial charge in [-0.2, -0.15) is 0 Å². The van der Waals surface area contributed by atoms with Gasteiger partial charge >= 0.3 is 0 Å². The Kier molecular flexibility index (Phi) is 6.23. The van der Waals surface area contributed by atoms with Gasteiger partial charge in [0.05, 0.1) is 12.3 Å². The molecule has 4 rings (SSSR count). The second-order valence-corrected chi connectivity index (χ2v) is 7.77. The number of likely N-dealkylation sites (tertiary alicyclic amines) is 1. The minimum absolute atomic E-state index is 0.00841. The first-order valence-electron chi connectivity index (χ1n) is 10.5. The molecular weight excluding hydrogens is 372 g/mol. The van der Waals surface area contributed by atoms with Gasteiger partial charge in [-0.25, -0.2) is 0 Å². The predicted molar refractivity (Wildman–Crippen MR) is 120 cm³/mol. The molecule has 0 spiro atoms. The Morgan fingerprint density at radius 1 is 0.833 bits per heavy atom. The molecular formula is C26H26N2O2. The summed E-state index contributed by atoms with van der Waals surface area (Å²) in [5.74, 6) is -0.0889. The molecule has 0 saturated carbocycles. The molecule has 1 unspecified atom stereocenters. The molecule has 1 saturated heterocycles. The van der Waals surface area contributed by atoms with Crippen LogP contribution in [0.2, 0.25) is 0 Å². The van der Waals surface area contributed by atoms with E-state index in [1.54, 1.807) is 0 Å². The standard InChI is InChI=1S/C26H26N2O2/c29-25(18-20-13-15-22(16-14-20)21-8-3-1-4-9-21)28-17-7-10-23(19-28)26(30)27-24-11-5-2-6-12-24/h1-6,8-9,11-16,23H,7,10,17-19H2,(H,27,30). The van der Waals surface area contributed by atoms with Gasteiger partial charge in [-0.05, 0) is 41.7 Å². The van der Waals surface area contributed by atoms with Crippen molar-refractivity contribution < 1.29 is 9.59 Å². The molecule has 152 valence electrons. The number of hydrogen-bond donors (Lipinski definition) is 1. The summed E-state index contributed by atoms with van der Waals surface area (Å²) in [5, 5.41) is 2.97. The summed E-state index contributed by atoms with van der Waals surface area (Å²) in [5.41, 5.74) is 4.10. The highest BCUT2D eigenvalue weighted by molar-refractivity contribution is 5.93. The molecule has 1 fully saturated rings. The number of anilines is 1. The van der Waals surface area contributed by atoms with E-state index < -0.39 is 0 Å². The minimum Gasteiger partial charge on any atom is -0.342 e. The third-order valence-corrected chi connectivity index (χ3v) is 5.60. The largest absolute Gasteiger partial charge is 0.342 e. The van der Waals surface area contributed by atoms with Crippen molar-refractivity contribution in [3.05, 3.63) is 90.5 Å². The van der Waals surface area contributed by atoms with Gasteiger partial charge in [0.2, 0.25) is 11.8 Å². The van der Waals surface area contributed by atoms with Crippen molar-refractivity contribution in [2.24, 2.45) is 5.92 Å². The van der Waals surface area contributed by atoms with E-state index in [-0.39, 0.29) is 17.7 Å². The summed E-state index contributed by atoms with van der Waals surface area (Å²) < 4.78 is 0. The van der Waals surface area contributed by atoms with Crippen LogP contribution in [0.1, 0.15) is 18.4 Å². The van der Waals surface area contributed by atoms with Crippen LogP contribution in [0.15, 0.2) is 84.9 Å². The van der Waals surface area contributed by atoms with Crippen molar-refractivity contribution in [2.75, 3.05) is 18.4 Å². The van der Waals surface area contributed by atoms with Crippen LogP contribution in [0, 0.1) is 5.92 Å². The molecule has 1 N–H and O–H groups in total. The first-order chi connectivity index (χ1) is 14.7. The van der Waals surface area contributed by atoms with E-state index in [0.29, 0.717) is 13.0 Å². The summed E-state index contributed by atoms with van der Waals surface area (Å²) in [6.07, 6.45) is 2.03. The van der Waals surface area contributed by atoms with Crippen LogP contribution in [0.3, 0.4) is 0 Å². The van der Waals surface area contributed by atoms with Crippen LogP contribution in [0.4, 0.5) is 5.69 Å². The van der Waals surface area contributed by atoms with Gasteiger partial charge < -0.3 is 10.2 Å². The van der Waals surface area contributed by atoms with E-state index in [1.165, 1.54) is 5.56 Å². The highest BCUT2D eigenvalue weighted by Crippen LogP contribution is 2.22. The average molecular weight is 399 g/mol. The first-order valence-corrected chi connectivity index (χ1v) is 10.5. The van der Waals surface area contributed by atoms with Crippen molar-refractivity contribution in [1.82, 2.24) is 4.90 Å². The molecule has 3 aromatic rings. The molecule has 3 aromatic carbocycles. The zero-order valence-electron chi connectivity index (χ0n) is 17.0. The minimum atomic E-state index is -0.164. The quantitative estimate of drug-likeness (QED) is 0.673. The number of carbonyl (C=O) groups is 2. The van der Waals surface area contributed by atoms with Crippen LogP contribution in [-0.2, 0) is 16.0 Å². The van der Waals surface area contributed by atoms with Crippen molar-refractivity contribution >= 4 is 17.5 Å². The highest BCUT2D eigenvalue weighted by atomic mass is 16.2. The van der Waals surface area contributed by atoms with Crippen LogP contribution in [-0.4, -0.2) is 29.8 Å². The number of carbonyl (C=O) groups excluding carboxylic acids is 2. The molecule has 4 nitrogen and oxygen atoms in total. The maximum Gasteiger partial charge on any atom is 0.229 e. The lowest BCUT2D eigenvalue weighted by Gasteiger charge is -2.32. The third kappa shape index (κ3) is 4.95. The van der Waals surface area contributed by atoms with Crippen molar-refractivity contribution in [3.8, 4) is 11.1 Å². The Morgan fingerprint density at radius 3 is 2.17 bits per heavy atom.